The predicted octanol–water partition coefficient (Wildman–Crippen LogP) is 3.06. The van der Waals surface area contributed by atoms with E-state index >= 15 is 0 Å². The predicted molar refractivity (Wildman–Crippen MR) is 53.2 cm³/mol. The minimum atomic E-state index is 0.00650. The van der Waals surface area contributed by atoms with Gasteiger partial charge in [-0.2, -0.15) is 0 Å². The number of carbonyl (C=O) groups excluding carboxylic acids is 1. The molecule has 0 unspecified atom stereocenters. The summed E-state index contributed by atoms with van der Waals surface area (Å²) >= 11 is 3.16. The zero-order valence-electron chi connectivity index (χ0n) is 7.20. The van der Waals surface area contributed by atoms with Crippen LogP contribution in [0.1, 0.15) is 15.9 Å². The SMILES string of the molecule is O=C(Cc1ccoc1)c1ccoc1Br. The lowest BCUT2D eigenvalue weighted by molar-refractivity contribution is 0.0991. The molecule has 0 aliphatic carbocycles. The molecule has 0 aliphatic heterocycles. The fraction of sp³-hybridized carbons (Fsp3) is 0.100. The molecule has 0 amide bonds. The van der Waals surface area contributed by atoms with Gasteiger partial charge in [0.25, 0.3) is 0 Å². The maximum atomic E-state index is 11.7. The molecule has 0 atom stereocenters. The highest BCUT2D eigenvalue weighted by Gasteiger charge is 2.13. The fourth-order valence-electron chi connectivity index (χ4n) is 1.17. The van der Waals surface area contributed by atoms with Crippen molar-refractivity contribution < 1.29 is 13.6 Å². The van der Waals surface area contributed by atoms with Crippen molar-refractivity contribution in [2.75, 3.05) is 0 Å². The number of Topliss-reactive ketones (excluding diaryl/α,β-unsaturated/α-hetero) is 1. The van der Waals surface area contributed by atoms with E-state index in [1.807, 2.05) is 0 Å². The smallest absolute Gasteiger partial charge is 0.179 e. The molecule has 72 valence electrons. The van der Waals surface area contributed by atoms with Crippen LogP contribution in [-0.4, -0.2) is 5.78 Å². The van der Waals surface area contributed by atoms with E-state index in [0.717, 1.165) is 5.56 Å². The topological polar surface area (TPSA) is 43.4 Å². The molecule has 0 fully saturated rings. The molecule has 0 N–H and O–H groups in total. The summed E-state index contributed by atoms with van der Waals surface area (Å²) in [5, 5.41) is 0. The largest absolute Gasteiger partial charge is 0.472 e. The van der Waals surface area contributed by atoms with E-state index in [1.54, 1.807) is 24.7 Å². The highest BCUT2D eigenvalue weighted by Crippen LogP contribution is 2.19. The van der Waals surface area contributed by atoms with Gasteiger partial charge in [-0.05, 0) is 33.6 Å². The average Bonchev–Trinajstić information content (AvgIpc) is 2.75. The van der Waals surface area contributed by atoms with Crippen LogP contribution in [0.2, 0.25) is 0 Å². The lowest BCUT2D eigenvalue weighted by atomic mass is 10.1. The van der Waals surface area contributed by atoms with Gasteiger partial charge in [-0.15, -0.1) is 0 Å². The highest BCUT2D eigenvalue weighted by atomic mass is 79.9. The maximum absolute atomic E-state index is 11.7. The first-order chi connectivity index (χ1) is 6.77. The van der Waals surface area contributed by atoms with E-state index < -0.39 is 0 Å². The van der Waals surface area contributed by atoms with Crippen molar-refractivity contribution in [1.82, 2.24) is 0 Å². The maximum Gasteiger partial charge on any atom is 0.179 e. The number of hydrogen-bond donors (Lipinski definition) is 0. The fourth-order valence-corrected chi connectivity index (χ4v) is 1.63. The van der Waals surface area contributed by atoms with Gasteiger partial charge in [0.1, 0.15) is 0 Å². The van der Waals surface area contributed by atoms with Crippen molar-refractivity contribution >= 4 is 21.7 Å². The van der Waals surface area contributed by atoms with Gasteiger partial charge in [0.15, 0.2) is 10.5 Å². The van der Waals surface area contributed by atoms with Gasteiger partial charge in [-0.1, -0.05) is 0 Å². The normalized spacial score (nSPS) is 10.4. The Morgan fingerprint density at radius 2 is 2.21 bits per heavy atom. The summed E-state index contributed by atoms with van der Waals surface area (Å²) in [6, 6.07) is 3.42. The van der Waals surface area contributed by atoms with Gasteiger partial charge in [0.05, 0.1) is 24.4 Å². The van der Waals surface area contributed by atoms with Gasteiger partial charge < -0.3 is 8.83 Å². The van der Waals surface area contributed by atoms with Crippen LogP contribution in [-0.2, 0) is 6.42 Å². The summed E-state index contributed by atoms with van der Waals surface area (Å²) in [7, 11) is 0. The van der Waals surface area contributed by atoms with Crippen molar-refractivity contribution in [3.05, 3.63) is 46.7 Å². The van der Waals surface area contributed by atoms with E-state index in [4.69, 9.17) is 8.83 Å². The molecule has 0 spiro atoms. The molecule has 0 radical (unpaired) electrons. The molecule has 4 heteroatoms. The average molecular weight is 255 g/mol. The molecule has 2 rings (SSSR count). The number of furan rings is 2. The molecule has 14 heavy (non-hydrogen) atoms. The Morgan fingerprint density at radius 3 is 2.79 bits per heavy atom. The third kappa shape index (κ3) is 1.80. The Hall–Kier alpha value is -1.29. The molecule has 0 aliphatic rings. The molecule has 2 heterocycles. The summed E-state index contributed by atoms with van der Waals surface area (Å²) in [5.41, 5.74) is 1.43. The number of ketones is 1. The Balaban J connectivity index is 2.14. The number of halogens is 1. The quantitative estimate of drug-likeness (QED) is 0.791. The van der Waals surface area contributed by atoms with E-state index in [-0.39, 0.29) is 5.78 Å². The lowest BCUT2D eigenvalue weighted by Crippen LogP contribution is -2.01. The van der Waals surface area contributed by atoms with Crippen molar-refractivity contribution in [2.24, 2.45) is 0 Å². The van der Waals surface area contributed by atoms with Crippen molar-refractivity contribution in [2.45, 2.75) is 6.42 Å². The van der Waals surface area contributed by atoms with E-state index in [2.05, 4.69) is 15.9 Å². The van der Waals surface area contributed by atoms with Crippen molar-refractivity contribution in [1.29, 1.82) is 0 Å². The Bertz CT molecular complexity index is 428. The third-order valence-electron chi connectivity index (χ3n) is 1.86. The van der Waals surface area contributed by atoms with Crippen molar-refractivity contribution in [3.8, 4) is 0 Å². The highest BCUT2D eigenvalue weighted by molar-refractivity contribution is 9.10. The third-order valence-corrected chi connectivity index (χ3v) is 2.48. The van der Waals surface area contributed by atoms with E-state index in [1.165, 1.54) is 6.26 Å². The first kappa shape index (κ1) is 9.27. The number of rotatable bonds is 3. The van der Waals surface area contributed by atoms with E-state index in [9.17, 15) is 4.79 Å². The number of hydrogen-bond acceptors (Lipinski definition) is 3. The Kier molecular flexibility index (Phi) is 2.54. The first-order valence-corrected chi connectivity index (χ1v) is 4.84. The minimum Gasteiger partial charge on any atom is -0.472 e. The van der Waals surface area contributed by atoms with Gasteiger partial charge in [-0.3, -0.25) is 4.79 Å². The van der Waals surface area contributed by atoms with Crippen LogP contribution < -0.4 is 0 Å². The standard InChI is InChI=1S/C10H7BrO3/c11-10-8(2-4-14-10)9(12)5-7-1-3-13-6-7/h1-4,6H,5H2. The van der Waals surface area contributed by atoms with Gasteiger partial charge >= 0.3 is 0 Å². The monoisotopic (exact) mass is 254 g/mol. The van der Waals surface area contributed by atoms with Crippen LogP contribution in [0.3, 0.4) is 0 Å². The van der Waals surface area contributed by atoms with Gasteiger partial charge in [0.2, 0.25) is 0 Å². The molecular weight excluding hydrogens is 248 g/mol. The lowest BCUT2D eigenvalue weighted by Gasteiger charge is -1.94. The van der Waals surface area contributed by atoms with Crippen LogP contribution in [0.25, 0.3) is 0 Å². The zero-order chi connectivity index (χ0) is 9.97. The van der Waals surface area contributed by atoms with Crippen LogP contribution in [0.15, 0.2) is 44.4 Å². The molecule has 2 aromatic rings. The minimum absolute atomic E-state index is 0.00650. The van der Waals surface area contributed by atoms with Crippen LogP contribution in [0, 0.1) is 0 Å². The summed E-state index contributed by atoms with van der Waals surface area (Å²) in [4.78, 5) is 11.7. The van der Waals surface area contributed by atoms with Crippen LogP contribution in [0.4, 0.5) is 0 Å². The molecule has 0 aromatic carbocycles. The molecule has 0 bridgehead atoms. The number of carbonyl (C=O) groups is 1. The summed E-state index contributed by atoms with van der Waals surface area (Å²) in [6.07, 6.45) is 4.92. The Labute approximate surface area is 88.8 Å². The zero-order valence-corrected chi connectivity index (χ0v) is 8.78. The van der Waals surface area contributed by atoms with Gasteiger partial charge in [-0.25, -0.2) is 0 Å². The van der Waals surface area contributed by atoms with Crippen LogP contribution >= 0.6 is 15.9 Å². The van der Waals surface area contributed by atoms with Gasteiger partial charge in [0, 0.05) is 6.42 Å². The van der Waals surface area contributed by atoms with Crippen molar-refractivity contribution in [3.63, 3.8) is 0 Å². The summed E-state index contributed by atoms with van der Waals surface area (Å²) in [6.45, 7) is 0. The Morgan fingerprint density at radius 1 is 1.36 bits per heavy atom. The summed E-state index contributed by atoms with van der Waals surface area (Å²) in [5.74, 6) is 0.00650. The molecule has 2 aromatic heterocycles. The second kappa shape index (κ2) is 3.84. The second-order valence-electron chi connectivity index (χ2n) is 2.84. The molecule has 0 saturated heterocycles. The summed E-state index contributed by atoms with van der Waals surface area (Å²) < 4.78 is 10.3. The van der Waals surface area contributed by atoms with Crippen LogP contribution in [0.5, 0.6) is 0 Å². The second-order valence-corrected chi connectivity index (χ2v) is 3.56. The molecule has 3 nitrogen and oxygen atoms in total. The molecule has 0 saturated carbocycles. The van der Waals surface area contributed by atoms with E-state index in [0.29, 0.717) is 16.7 Å². The molecular formula is C10H7BrO3. The first-order valence-electron chi connectivity index (χ1n) is 4.04.